The molecule has 0 aliphatic carbocycles. The van der Waals surface area contributed by atoms with E-state index in [2.05, 4.69) is 16.0 Å². The summed E-state index contributed by atoms with van der Waals surface area (Å²) in [5, 5.41) is 4.81. The number of rotatable bonds is 3. The quantitative estimate of drug-likeness (QED) is 0.686. The highest BCUT2D eigenvalue weighted by Crippen LogP contribution is 2.21. The summed E-state index contributed by atoms with van der Waals surface area (Å²) in [6.07, 6.45) is 7.19. The highest BCUT2D eigenvalue weighted by molar-refractivity contribution is 7.16. The summed E-state index contributed by atoms with van der Waals surface area (Å²) < 4.78 is 4.44. The van der Waals surface area contributed by atoms with Crippen molar-refractivity contribution in [2.45, 2.75) is 20.0 Å². The zero-order valence-corrected chi connectivity index (χ0v) is 13.9. The van der Waals surface area contributed by atoms with E-state index < -0.39 is 0 Å². The molecule has 0 bridgehead atoms. The number of benzene rings is 1. The van der Waals surface area contributed by atoms with Crippen LogP contribution in [-0.2, 0) is 13.1 Å². The lowest BCUT2D eigenvalue weighted by Gasteiger charge is -1.99. The van der Waals surface area contributed by atoms with Gasteiger partial charge in [-0.15, -0.1) is 6.42 Å². The van der Waals surface area contributed by atoms with Gasteiger partial charge in [-0.25, -0.2) is 0 Å². The molecule has 7 heteroatoms. The maximum absolute atomic E-state index is 12.3. The average molecular weight is 345 g/mol. The number of terminal acetylenes is 1. The predicted octanol–water partition coefficient (Wildman–Crippen LogP) is 2.95. The second kappa shape index (κ2) is 6.41. The van der Waals surface area contributed by atoms with Crippen LogP contribution in [0.5, 0.6) is 0 Å². The normalized spacial score (nSPS) is 11.8. The van der Waals surface area contributed by atoms with E-state index in [0.29, 0.717) is 28.6 Å². The van der Waals surface area contributed by atoms with E-state index >= 15 is 0 Å². The molecule has 3 rings (SSSR count). The van der Waals surface area contributed by atoms with Crippen LogP contribution in [0, 0.1) is 12.3 Å². The van der Waals surface area contributed by atoms with Crippen molar-refractivity contribution in [2.75, 3.05) is 0 Å². The first-order valence-electron chi connectivity index (χ1n) is 6.97. The second-order valence-electron chi connectivity index (χ2n) is 4.76. The molecule has 1 amide bonds. The topological polar surface area (TPSA) is 52.2 Å². The molecule has 2 aromatic heterocycles. The van der Waals surface area contributed by atoms with Crippen molar-refractivity contribution in [1.29, 1.82) is 0 Å². The van der Waals surface area contributed by atoms with Gasteiger partial charge in [0.2, 0.25) is 0 Å². The van der Waals surface area contributed by atoms with Gasteiger partial charge in [-0.1, -0.05) is 28.9 Å². The summed E-state index contributed by atoms with van der Waals surface area (Å²) >= 11 is 7.40. The Bertz CT molecular complexity index is 990. The molecular weight excluding hydrogens is 332 g/mol. The molecular formula is C16H13ClN4OS. The molecule has 0 saturated heterocycles. The van der Waals surface area contributed by atoms with Gasteiger partial charge in [-0.05, 0) is 31.2 Å². The summed E-state index contributed by atoms with van der Waals surface area (Å²) in [5.74, 6) is 2.20. The maximum Gasteiger partial charge on any atom is 0.300 e. The van der Waals surface area contributed by atoms with E-state index in [1.165, 1.54) is 11.3 Å². The van der Waals surface area contributed by atoms with Crippen LogP contribution >= 0.6 is 22.9 Å². The fraction of sp³-hybridized carbons (Fsp3) is 0.188. The number of carbonyl (C=O) groups is 1. The number of fused-ring (bicyclic) bond motifs is 1. The molecule has 0 N–H and O–H groups in total. The number of carbonyl (C=O) groups excluding carboxylic acids is 1. The Morgan fingerprint density at radius 3 is 3.00 bits per heavy atom. The van der Waals surface area contributed by atoms with Gasteiger partial charge < -0.3 is 4.57 Å². The van der Waals surface area contributed by atoms with Gasteiger partial charge in [0.25, 0.3) is 5.91 Å². The van der Waals surface area contributed by atoms with Crippen molar-refractivity contribution >= 4 is 39.1 Å². The van der Waals surface area contributed by atoms with Gasteiger partial charge in [0, 0.05) is 17.8 Å². The molecule has 0 unspecified atom stereocenters. The van der Waals surface area contributed by atoms with Crippen LogP contribution in [0.1, 0.15) is 17.4 Å². The monoisotopic (exact) mass is 344 g/mol. The van der Waals surface area contributed by atoms with Gasteiger partial charge in [0.1, 0.15) is 0 Å². The molecule has 1 aromatic carbocycles. The summed E-state index contributed by atoms with van der Waals surface area (Å²) in [4.78, 5) is 17.0. The van der Waals surface area contributed by atoms with E-state index in [4.69, 9.17) is 18.0 Å². The molecule has 0 aliphatic heterocycles. The Balaban J connectivity index is 2.12. The van der Waals surface area contributed by atoms with Gasteiger partial charge in [0.15, 0.2) is 10.5 Å². The van der Waals surface area contributed by atoms with Crippen molar-refractivity contribution in [3.63, 3.8) is 0 Å². The Kier molecular flexibility index (Phi) is 4.33. The van der Waals surface area contributed by atoms with Crippen molar-refractivity contribution < 1.29 is 4.79 Å². The third kappa shape index (κ3) is 3.07. The number of aromatic nitrogens is 3. The first kappa shape index (κ1) is 15.5. The van der Waals surface area contributed by atoms with Gasteiger partial charge in [-0.2, -0.15) is 10.1 Å². The zero-order valence-electron chi connectivity index (χ0n) is 12.4. The molecule has 23 heavy (non-hydrogen) atoms. The van der Waals surface area contributed by atoms with Crippen LogP contribution < -0.4 is 4.80 Å². The van der Waals surface area contributed by atoms with Gasteiger partial charge >= 0.3 is 0 Å². The smallest absolute Gasteiger partial charge is 0.300 e. The molecule has 0 spiro atoms. The maximum atomic E-state index is 12.3. The Labute approximate surface area is 141 Å². The molecule has 2 heterocycles. The molecule has 5 nitrogen and oxygen atoms in total. The lowest BCUT2D eigenvalue weighted by molar-refractivity contribution is 0.0992. The van der Waals surface area contributed by atoms with E-state index in [0.717, 1.165) is 10.2 Å². The lowest BCUT2D eigenvalue weighted by Crippen LogP contribution is -2.16. The zero-order chi connectivity index (χ0) is 16.4. The molecule has 0 saturated carbocycles. The van der Waals surface area contributed by atoms with Crippen LogP contribution in [-0.4, -0.2) is 20.3 Å². The SMILES string of the molecule is C#CCn1c(=NC(=O)c2ccn(CC)n2)sc2cc(Cl)ccc21. The van der Waals surface area contributed by atoms with Crippen LogP contribution in [0.2, 0.25) is 5.02 Å². The minimum Gasteiger partial charge on any atom is -0.305 e. The third-order valence-electron chi connectivity index (χ3n) is 3.28. The number of thiazole rings is 1. The highest BCUT2D eigenvalue weighted by atomic mass is 35.5. The first-order valence-corrected chi connectivity index (χ1v) is 8.16. The van der Waals surface area contributed by atoms with Gasteiger partial charge in [0.05, 0.1) is 16.8 Å². The molecule has 116 valence electrons. The standard InChI is InChI=1S/C16H13ClN4OS/c1-3-8-21-13-6-5-11(17)10-14(13)23-16(21)18-15(22)12-7-9-20(4-2)19-12/h1,5-7,9-10H,4,8H2,2H3. The van der Waals surface area contributed by atoms with E-state index in [1.54, 1.807) is 23.0 Å². The van der Waals surface area contributed by atoms with Gasteiger partial charge in [-0.3, -0.25) is 9.48 Å². The molecule has 3 aromatic rings. The van der Waals surface area contributed by atoms with Crippen LogP contribution in [0.25, 0.3) is 10.2 Å². The molecule has 0 aliphatic rings. The molecule has 0 fully saturated rings. The second-order valence-corrected chi connectivity index (χ2v) is 6.21. The van der Waals surface area contributed by atoms with Crippen molar-refractivity contribution in [1.82, 2.24) is 14.3 Å². The van der Waals surface area contributed by atoms with E-state index in [9.17, 15) is 4.79 Å². The highest BCUT2D eigenvalue weighted by Gasteiger charge is 2.11. The van der Waals surface area contributed by atoms with Crippen LogP contribution in [0.3, 0.4) is 0 Å². The van der Waals surface area contributed by atoms with E-state index in [1.807, 2.05) is 23.6 Å². The van der Waals surface area contributed by atoms with Crippen LogP contribution in [0.4, 0.5) is 0 Å². The average Bonchev–Trinajstić information content (AvgIpc) is 3.13. The Morgan fingerprint density at radius 2 is 2.30 bits per heavy atom. The van der Waals surface area contributed by atoms with Crippen molar-refractivity contribution in [3.8, 4) is 12.3 Å². The fourth-order valence-corrected chi connectivity index (χ4v) is 3.48. The number of halogens is 1. The first-order chi connectivity index (χ1) is 11.1. The Morgan fingerprint density at radius 1 is 1.48 bits per heavy atom. The van der Waals surface area contributed by atoms with Crippen LogP contribution in [0.15, 0.2) is 35.5 Å². The summed E-state index contributed by atoms with van der Waals surface area (Å²) in [6.45, 7) is 2.98. The lowest BCUT2D eigenvalue weighted by atomic mass is 10.3. The van der Waals surface area contributed by atoms with E-state index in [-0.39, 0.29) is 5.91 Å². The number of aryl methyl sites for hydroxylation is 1. The predicted molar refractivity (Wildman–Crippen MR) is 91.5 cm³/mol. The third-order valence-corrected chi connectivity index (χ3v) is 4.55. The number of nitrogens with zero attached hydrogens (tertiary/aromatic N) is 4. The van der Waals surface area contributed by atoms with Crippen molar-refractivity contribution in [3.05, 3.63) is 46.0 Å². The largest absolute Gasteiger partial charge is 0.305 e. The molecule has 0 radical (unpaired) electrons. The summed E-state index contributed by atoms with van der Waals surface area (Å²) in [7, 11) is 0. The summed E-state index contributed by atoms with van der Waals surface area (Å²) in [5.41, 5.74) is 1.22. The number of hydrogen-bond acceptors (Lipinski definition) is 3. The fourth-order valence-electron chi connectivity index (χ4n) is 2.17. The summed E-state index contributed by atoms with van der Waals surface area (Å²) in [6, 6.07) is 7.16. The van der Waals surface area contributed by atoms with Crippen molar-refractivity contribution in [2.24, 2.45) is 4.99 Å². The Hall–Kier alpha value is -2.36. The number of hydrogen-bond donors (Lipinski definition) is 0. The molecule has 0 atom stereocenters. The minimum atomic E-state index is -0.388. The number of amides is 1. The minimum absolute atomic E-state index is 0.314.